The highest BCUT2D eigenvalue weighted by atomic mass is 19.1. The number of nitrogens with one attached hydrogen (secondary N) is 2. The topological polar surface area (TPSA) is 45.8 Å². The summed E-state index contributed by atoms with van der Waals surface area (Å²) in [6, 6.07) is 20.0. The lowest BCUT2D eigenvalue weighted by Crippen LogP contribution is -2.39. The fourth-order valence-corrected chi connectivity index (χ4v) is 5.26. The molecule has 5 nitrogen and oxygen atoms in total. The molecular formula is C26H26FN3O2. The Morgan fingerprint density at radius 2 is 1.69 bits per heavy atom. The minimum Gasteiger partial charge on any atom is -0.486 e. The Morgan fingerprint density at radius 3 is 2.47 bits per heavy atom. The van der Waals surface area contributed by atoms with E-state index in [-0.39, 0.29) is 23.8 Å². The molecule has 0 bridgehead atoms. The molecule has 0 radical (unpaired) electrons. The van der Waals surface area contributed by atoms with Crippen molar-refractivity contribution in [3.63, 3.8) is 0 Å². The number of fused-ring (bicyclic) bond motifs is 4. The minimum atomic E-state index is -0.213. The molecule has 0 amide bonds. The number of ether oxygens (including phenoxy) is 2. The SMILES string of the molecule is Cc1cccc(CN2CC3C(c4ccc(F)cc4)NNC3c3cc4c(cc32)OCCO4)c1. The van der Waals surface area contributed by atoms with Crippen molar-refractivity contribution in [1.29, 1.82) is 0 Å². The van der Waals surface area contributed by atoms with Crippen molar-refractivity contribution >= 4 is 5.69 Å². The van der Waals surface area contributed by atoms with Gasteiger partial charge in [0.25, 0.3) is 0 Å². The fourth-order valence-electron chi connectivity index (χ4n) is 5.26. The molecule has 2 N–H and O–H groups in total. The van der Waals surface area contributed by atoms with Gasteiger partial charge in [-0.3, -0.25) is 0 Å². The summed E-state index contributed by atoms with van der Waals surface area (Å²) in [6.45, 7) is 4.94. The number of hydrogen-bond acceptors (Lipinski definition) is 5. The Kier molecular flexibility index (Phi) is 4.77. The molecule has 0 saturated carbocycles. The van der Waals surface area contributed by atoms with Gasteiger partial charge in [0.2, 0.25) is 0 Å². The van der Waals surface area contributed by atoms with Gasteiger partial charge in [0.1, 0.15) is 19.0 Å². The molecule has 3 atom stereocenters. The van der Waals surface area contributed by atoms with Gasteiger partial charge in [-0.1, -0.05) is 42.0 Å². The highest BCUT2D eigenvalue weighted by molar-refractivity contribution is 5.65. The first-order valence-electron chi connectivity index (χ1n) is 11.2. The van der Waals surface area contributed by atoms with Gasteiger partial charge in [0, 0.05) is 30.8 Å². The minimum absolute atomic E-state index is 0.0851. The maximum atomic E-state index is 13.5. The monoisotopic (exact) mass is 431 g/mol. The second kappa shape index (κ2) is 7.80. The number of halogens is 1. The molecular weight excluding hydrogens is 405 g/mol. The first kappa shape index (κ1) is 19.6. The summed E-state index contributed by atoms with van der Waals surface area (Å²) in [5, 5.41) is 0. The van der Waals surface area contributed by atoms with Crippen LogP contribution in [-0.4, -0.2) is 19.8 Å². The molecule has 3 aromatic rings. The number of nitrogens with zero attached hydrogens (tertiary/aromatic N) is 1. The van der Waals surface area contributed by atoms with Gasteiger partial charge in [0.15, 0.2) is 11.5 Å². The molecule has 3 aromatic carbocycles. The average Bonchev–Trinajstić information content (AvgIpc) is 3.23. The third-order valence-electron chi connectivity index (χ3n) is 6.73. The molecule has 3 heterocycles. The Bertz CT molecular complexity index is 1150. The lowest BCUT2D eigenvalue weighted by Gasteiger charge is -2.40. The summed E-state index contributed by atoms with van der Waals surface area (Å²) >= 11 is 0. The van der Waals surface area contributed by atoms with E-state index in [1.807, 2.05) is 12.1 Å². The maximum Gasteiger partial charge on any atom is 0.163 e. The highest BCUT2D eigenvalue weighted by Gasteiger charge is 2.44. The average molecular weight is 432 g/mol. The van der Waals surface area contributed by atoms with Gasteiger partial charge in [-0.25, -0.2) is 15.2 Å². The van der Waals surface area contributed by atoms with Crippen molar-refractivity contribution in [2.24, 2.45) is 5.92 Å². The summed E-state index contributed by atoms with van der Waals surface area (Å²) in [7, 11) is 0. The third-order valence-corrected chi connectivity index (χ3v) is 6.73. The molecule has 32 heavy (non-hydrogen) atoms. The number of rotatable bonds is 3. The van der Waals surface area contributed by atoms with Crippen LogP contribution in [0.5, 0.6) is 11.5 Å². The Labute approximate surface area is 187 Å². The molecule has 1 fully saturated rings. The number of anilines is 1. The van der Waals surface area contributed by atoms with E-state index in [4.69, 9.17) is 9.47 Å². The van der Waals surface area contributed by atoms with Gasteiger partial charge >= 0.3 is 0 Å². The van der Waals surface area contributed by atoms with E-state index < -0.39 is 0 Å². The summed E-state index contributed by atoms with van der Waals surface area (Å²) < 4.78 is 25.3. The molecule has 6 heteroatoms. The zero-order valence-corrected chi connectivity index (χ0v) is 18.0. The second-order valence-electron chi connectivity index (χ2n) is 8.88. The summed E-state index contributed by atoms with van der Waals surface area (Å²) in [5.74, 6) is 1.68. The molecule has 0 spiro atoms. The van der Waals surface area contributed by atoms with Crippen LogP contribution in [-0.2, 0) is 6.54 Å². The summed E-state index contributed by atoms with van der Waals surface area (Å²) in [5.41, 5.74) is 13.0. The maximum absolute atomic E-state index is 13.5. The van der Waals surface area contributed by atoms with Crippen LogP contribution >= 0.6 is 0 Å². The van der Waals surface area contributed by atoms with E-state index in [1.165, 1.54) is 34.5 Å². The molecule has 3 aliphatic heterocycles. The quantitative estimate of drug-likeness (QED) is 0.642. The molecule has 0 aliphatic carbocycles. The smallest absolute Gasteiger partial charge is 0.163 e. The fraction of sp³-hybridized carbons (Fsp3) is 0.308. The van der Waals surface area contributed by atoms with E-state index in [9.17, 15) is 4.39 Å². The van der Waals surface area contributed by atoms with E-state index in [1.54, 1.807) is 0 Å². The van der Waals surface area contributed by atoms with Gasteiger partial charge in [0.05, 0.1) is 12.1 Å². The molecule has 164 valence electrons. The molecule has 0 aromatic heterocycles. The van der Waals surface area contributed by atoms with Crippen LogP contribution in [0.1, 0.15) is 34.3 Å². The lowest BCUT2D eigenvalue weighted by molar-refractivity contribution is 0.171. The van der Waals surface area contributed by atoms with E-state index in [0.717, 1.165) is 30.2 Å². The van der Waals surface area contributed by atoms with Gasteiger partial charge in [-0.2, -0.15) is 0 Å². The summed E-state index contributed by atoms with van der Waals surface area (Å²) in [4.78, 5) is 2.44. The van der Waals surface area contributed by atoms with Crippen molar-refractivity contribution in [1.82, 2.24) is 10.9 Å². The van der Waals surface area contributed by atoms with E-state index >= 15 is 0 Å². The van der Waals surface area contributed by atoms with E-state index in [0.29, 0.717) is 13.2 Å². The standard InChI is InChI=1S/C26H26FN3O2/c1-16-3-2-4-17(11-16)14-30-15-21-25(18-5-7-19(27)8-6-18)28-29-26(21)20-12-23-24(13-22(20)30)32-10-9-31-23/h2-8,11-13,21,25-26,28-29H,9-10,14-15H2,1H3. The largest absolute Gasteiger partial charge is 0.486 e. The second-order valence-corrected chi connectivity index (χ2v) is 8.88. The first-order chi connectivity index (χ1) is 15.7. The normalized spacial score (nSPS) is 23.6. The van der Waals surface area contributed by atoms with Crippen LogP contribution in [0.3, 0.4) is 0 Å². The first-order valence-corrected chi connectivity index (χ1v) is 11.2. The van der Waals surface area contributed by atoms with Crippen LogP contribution in [0, 0.1) is 18.7 Å². The van der Waals surface area contributed by atoms with Crippen LogP contribution in [0.2, 0.25) is 0 Å². The van der Waals surface area contributed by atoms with Gasteiger partial charge in [-0.05, 0) is 41.8 Å². The molecule has 6 rings (SSSR count). The highest BCUT2D eigenvalue weighted by Crippen LogP contribution is 2.49. The molecule has 3 unspecified atom stereocenters. The third kappa shape index (κ3) is 3.40. The number of hydrazine groups is 1. The van der Waals surface area contributed by atoms with Crippen molar-refractivity contribution in [3.05, 3.63) is 88.7 Å². The number of hydrogen-bond donors (Lipinski definition) is 2. The van der Waals surface area contributed by atoms with Gasteiger partial charge < -0.3 is 14.4 Å². The molecule has 3 aliphatic rings. The zero-order valence-electron chi connectivity index (χ0n) is 18.0. The van der Waals surface area contributed by atoms with E-state index in [2.05, 4.69) is 59.1 Å². The lowest BCUT2D eigenvalue weighted by atomic mass is 9.81. The van der Waals surface area contributed by atoms with Crippen LogP contribution < -0.4 is 25.2 Å². The predicted molar refractivity (Wildman–Crippen MR) is 121 cm³/mol. The van der Waals surface area contributed by atoms with Gasteiger partial charge in [-0.15, -0.1) is 0 Å². The Morgan fingerprint density at radius 1 is 0.938 bits per heavy atom. The van der Waals surface area contributed by atoms with Crippen LogP contribution in [0.25, 0.3) is 0 Å². The Hall–Kier alpha value is -3.09. The summed E-state index contributed by atoms with van der Waals surface area (Å²) in [6.07, 6.45) is 0. The van der Waals surface area contributed by atoms with Crippen molar-refractivity contribution in [2.45, 2.75) is 25.6 Å². The Balaban J connectivity index is 1.41. The zero-order chi connectivity index (χ0) is 21.7. The van der Waals surface area contributed by atoms with Crippen molar-refractivity contribution in [3.8, 4) is 11.5 Å². The van der Waals surface area contributed by atoms with Crippen molar-refractivity contribution in [2.75, 3.05) is 24.7 Å². The van der Waals surface area contributed by atoms with Crippen LogP contribution in [0.4, 0.5) is 10.1 Å². The number of benzene rings is 3. The van der Waals surface area contributed by atoms with Crippen molar-refractivity contribution < 1.29 is 13.9 Å². The molecule has 1 saturated heterocycles. The predicted octanol–water partition coefficient (Wildman–Crippen LogP) is 4.43. The number of aryl methyl sites for hydroxylation is 1. The van der Waals surface area contributed by atoms with Crippen LogP contribution in [0.15, 0.2) is 60.7 Å².